The maximum Gasteiger partial charge on any atom is 0.253 e. The van der Waals surface area contributed by atoms with Crippen molar-refractivity contribution in [1.29, 1.82) is 0 Å². The summed E-state index contributed by atoms with van der Waals surface area (Å²) in [4.78, 5) is 14.4. The van der Waals surface area contributed by atoms with E-state index in [4.69, 9.17) is 17.4 Å². The standard InChI is InChI=1S/C13H19ClN4O/c1-18-5-4-9(8-18)7-16-13(19)11-6-10(14)2-3-12(11)17-15/h2-3,6,9,17H,4-5,7-8,15H2,1H3,(H,16,19). The molecule has 0 spiro atoms. The molecule has 1 unspecified atom stereocenters. The highest BCUT2D eigenvalue weighted by Gasteiger charge is 2.20. The van der Waals surface area contributed by atoms with Gasteiger partial charge in [-0.05, 0) is 44.1 Å². The number of anilines is 1. The molecule has 5 nitrogen and oxygen atoms in total. The lowest BCUT2D eigenvalue weighted by Gasteiger charge is -2.13. The van der Waals surface area contributed by atoms with E-state index in [1.165, 1.54) is 0 Å². The van der Waals surface area contributed by atoms with E-state index in [1.807, 2.05) is 0 Å². The third-order valence-corrected chi connectivity index (χ3v) is 3.66. The number of nitrogens with one attached hydrogen (secondary N) is 2. The van der Waals surface area contributed by atoms with Gasteiger partial charge in [-0.2, -0.15) is 0 Å². The lowest BCUT2D eigenvalue weighted by atomic mass is 10.1. The molecule has 104 valence electrons. The largest absolute Gasteiger partial charge is 0.352 e. The van der Waals surface area contributed by atoms with E-state index in [9.17, 15) is 4.79 Å². The van der Waals surface area contributed by atoms with Crippen LogP contribution in [0, 0.1) is 5.92 Å². The Kier molecular flexibility index (Phi) is 4.63. The molecule has 6 heteroatoms. The average molecular weight is 283 g/mol. The van der Waals surface area contributed by atoms with E-state index in [0.717, 1.165) is 19.5 Å². The van der Waals surface area contributed by atoms with Crippen molar-refractivity contribution >= 4 is 23.2 Å². The number of nitrogens with two attached hydrogens (primary N) is 1. The Labute approximate surface area is 118 Å². The lowest BCUT2D eigenvalue weighted by Crippen LogP contribution is -2.31. The Hall–Kier alpha value is -1.30. The third kappa shape index (κ3) is 3.59. The van der Waals surface area contributed by atoms with Gasteiger partial charge in [0.15, 0.2) is 0 Å². The molecule has 19 heavy (non-hydrogen) atoms. The fraction of sp³-hybridized carbons (Fsp3) is 0.462. The van der Waals surface area contributed by atoms with Gasteiger partial charge in [0.25, 0.3) is 5.91 Å². The van der Waals surface area contributed by atoms with E-state index in [0.29, 0.717) is 28.7 Å². The SMILES string of the molecule is CN1CCC(CNC(=O)c2cc(Cl)ccc2NN)C1. The van der Waals surface area contributed by atoms with Crippen molar-refractivity contribution < 1.29 is 4.79 Å². The number of likely N-dealkylation sites (tertiary alicyclic amines) is 1. The van der Waals surface area contributed by atoms with Gasteiger partial charge in [0.05, 0.1) is 11.3 Å². The lowest BCUT2D eigenvalue weighted by molar-refractivity contribution is 0.0948. The minimum absolute atomic E-state index is 0.148. The summed E-state index contributed by atoms with van der Waals surface area (Å²) in [6, 6.07) is 5.01. The highest BCUT2D eigenvalue weighted by Crippen LogP contribution is 2.20. The molecular weight excluding hydrogens is 264 g/mol. The number of hydrazine groups is 1. The van der Waals surface area contributed by atoms with Crippen LogP contribution >= 0.6 is 11.6 Å². The molecule has 1 saturated heterocycles. The molecular formula is C13H19ClN4O. The van der Waals surface area contributed by atoms with Crippen molar-refractivity contribution in [1.82, 2.24) is 10.2 Å². The number of rotatable bonds is 4. The van der Waals surface area contributed by atoms with Gasteiger partial charge < -0.3 is 15.6 Å². The van der Waals surface area contributed by atoms with Crippen molar-refractivity contribution in [3.05, 3.63) is 28.8 Å². The van der Waals surface area contributed by atoms with E-state index >= 15 is 0 Å². The molecule has 1 atom stereocenters. The van der Waals surface area contributed by atoms with Crippen molar-refractivity contribution in [2.45, 2.75) is 6.42 Å². The Balaban J connectivity index is 1.97. The highest BCUT2D eigenvalue weighted by molar-refractivity contribution is 6.31. The summed E-state index contributed by atoms with van der Waals surface area (Å²) in [5.74, 6) is 5.76. The fourth-order valence-corrected chi connectivity index (χ4v) is 2.53. The molecule has 4 N–H and O–H groups in total. The molecule has 1 aliphatic rings. The zero-order valence-corrected chi connectivity index (χ0v) is 11.7. The van der Waals surface area contributed by atoms with Gasteiger partial charge in [0, 0.05) is 18.1 Å². The first-order valence-corrected chi connectivity index (χ1v) is 6.71. The van der Waals surface area contributed by atoms with Crippen molar-refractivity contribution in [2.24, 2.45) is 11.8 Å². The number of nitrogens with zero attached hydrogens (tertiary/aromatic N) is 1. The summed E-state index contributed by atoms with van der Waals surface area (Å²) < 4.78 is 0. The zero-order chi connectivity index (χ0) is 13.8. The number of nitrogen functional groups attached to an aromatic ring is 1. The van der Waals surface area contributed by atoms with Crippen LogP contribution in [-0.4, -0.2) is 37.5 Å². The molecule has 1 aromatic rings. The molecule has 1 aliphatic heterocycles. The first-order valence-electron chi connectivity index (χ1n) is 6.33. The van der Waals surface area contributed by atoms with Crippen LogP contribution in [0.1, 0.15) is 16.8 Å². The topological polar surface area (TPSA) is 70.4 Å². The van der Waals surface area contributed by atoms with Gasteiger partial charge in [-0.15, -0.1) is 0 Å². The molecule has 1 fully saturated rings. The Morgan fingerprint density at radius 1 is 1.58 bits per heavy atom. The Bertz CT molecular complexity index is 466. The first-order chi connectivity index (χ1) is 9.10. The second kappa shape index (κ2) is 6.23. The van der Waals surface area contributed by atoms with Crippen LogP contribution in [0.2, 0.25) is 5.02 Å². The van der Waals surface area contributed by atoms with Crippen LogP contribution in [-0.2, 0) is 0 Å². The summed E-state index contributed by atoms with van der Waals surface area (Å²) in [6.45, 7) is 2.80. The highest BCUT2D eigenvalue weighted by atomic mass is 35.5. The predicted molar refractivity (Wildman–Crippen MR) is 77.2 cm³/mol. The molecule has 0 aliphatic carbocycles. The summed E-state index contributed by atoms with van der Waals surface area (Å²) in [6.07, 6.45) is 1.12. The molecule has 0 aromatic heterocycles. The first kappa shape index (κ1) is 14.1. The van der Waals surface area contributed by atoms with Gasteiger partial charge >= 0.3 is 0 Å². The minimum Gasteiger partial charge on any atom is -0.352 e. The number of amides is 1. The predicted octanol–water partition coefficient (Wildman–Crippen LogP) is 1.31. The normalized spacial score (nSPS) is 19.4. The summed E-state index contributed by atoms with van der Waals surface area (Å²) in [5, 5.41) is 3.46. The van der Waals surface area contributed by atoms with Crippen molar-refractivity contribution in [3.8, 4) is 0 Å². The van der Waals surface area contributed by atoms with Crippen LogP contribution in [0.25, 0.3) is 0 Å². The van der Waals surface area contributed by atoms with E-state index in [1.54, 1.807) is 18.2 Å². The van der Waals surface area contributed by atoms with Gasteiger partial charge in [-0.1, -0.05) is 11.6 Å². The van der Waals surface area contributed by atoms with Crippen LogP contribution in [0.5, 0.6) is 0 Å². The molecule has 0 radical (unpaired) electrons. The second-order valence-corrected chi connectivity index (χ2v) is 5.40. The van der Waals surface area contributed by atoms with Gasteiger partial charge in [-0.25, -0.2) is 0 Å². The van der Waals surface area contributed by atoms with Gasteiger partial charge in [-0.3, -0.25) is 10.6 Å². The third-order valence-electron chi connectivity index (χ3n) is 3.42. The number of hydrogen-bond acceptors (Lipinski definition) is 4. The van der Waals surface area contributed by atoms with Crippen LogP contribution < -0.4 is 16.6 Å². The van der Waals surface area contributed by atoms with E-state index < -0.39 is 0 Å². The quantitative estimate of drug-likeness (QED) is 0.575. The number of hydrogen-bond donors (Lipinski definition) is 3. The summed E-state index contributed by atoms with van der Waals surface area (Å²) >= 11 is 5.91. The maximum absolute atomic E-state index is 12.1. The number of carbonyl (C=O) groups excluding carboxylic acids is 1. The van der Waals surface area contributed by atoms with Crippen molar-refractivity contribution in [3.63, 3.8) is 0 Å². The zero-order valence-electron chi connectivity index (χ0n) is 10.9. The maximum atomic E-state index is 12.1. The number of halogens is 1. The van der Waals surface area contributed by atoms with Crippen LogP contribution in [0.3, 0.4) is 0 Å². The van der Waals surface area contributed by atoms with Gasteiger partial charge in [0.1, 0.15) is 0 Å². The molecule has 0 bridgehead atoms. The monoisotopic (exact) mass is 282 g/mol. The Morgan fingerprint density at radius 2 is 2.37 bits per heavy atom. The Morgan fingerprint density at radius 3 is 3.00 bits per heavy atom. The molecule has 2 rings (SSSR count). The summed E-state index contributed by atoms with van der Waals surface area (Å²) in [5.41, 5.74) is 3.56. The molecule has 0 saturated carbocycles. The molecule has 1 amide bonds. The molecule has 1 heterocycles. The second-order valence-electron chi connectivity index (χ2n) is 4.96. The molecule has 1 aromatic carbocycles. The van der Waals surface area contributed by atoms with Crippen LogP contribution in [0.4, 0.5) is 5.69 Å². The van der Waals surface area contributed by atoms with Crippen molar-refractivity contribution in [2.75, 3.05) is 32.1 Å². The van der Waals surface area contributed by atoms with Crippen LogP contribution in [0.15, 0.2) is 18.2 Å². The van der Waals surface area contributed by atoms with Gasteiger partial charge in [0.2, 0.25) is 0 Å². The number of benzene rings is 1. The number of carbonyl (C=O) groups is 1. The van der Waals surface area contributed by atoms with E-state index in [-0.39, 0.29) is 5.91 Å². The minimum atomic E-state index is -0.148. The fourth-order valence-electron chi connectivity index (χ4n) is 2.36. The smallest absolute Gasteiger partial charge is 0.253 e. The average Bonchev–Trinajstić information content (AvgIpc) is 2.81. The summed E-state index contributed by atoms with van der Waals surface area (Å²) in [7, 11) is 2.09. The van der Waals surface area contributed by atoms with E-state index in [2.05, 4.69) is 22.7 Å².